The van der Waals surface area contributed by atoms with Crippen LogP contribution in [0.2, 0.25) is 0 Å². The standard InChI is InChI=1S/C22H25N7O3/c1-12-4-2-6-14(10-12)27-17-16-15(7-9-25-18(16)30)28-21(29-17)26-8-3-5-13-11-22(13,19(23)31)20(24)32/h2,4,6-7,9-10,13H,3,5,8,11H2,1H3,(H2,23,31)(H2,24,32)(H,25,30)(H2,26,27,28,29). The van der Waals surface area contributed by atoms with Gasteiger partial charge in [-0.15, -0.1) is 0 Å². The average Bonchev–Trinajstić information content (AvgIpc) is 3.47. The zero-order valence-corrected chi connectivity index (χ0v) is 17.6. The van der Waals surface area contributed by atoms with E-state index in [0.29, 0.717) is 48.5 Å². The first-order valence-electron chi connectivity index (χ1n) is 10.4. The third-order valence-corrected chi connectivity index (χ3v) is 5.90. The number of amides is 2. The second-order valence-electron chi connectivity index (χ2n) is 8.13. The van der Waals surface area contributed by atoms with Gasteiger partial charge in [0.2, 0.25) is 17.8 Å². The topological polar surface area (TPSA) is 169 Å². The number of aromatic nitrogens is 3. The maximum absolute atomic E-state index is 12.4. The molecule has 1 fully saturated rings. The van der Waals surface area contributed by atoms with Crippen LogP contribution in [-0.4, -0.2) is 33.3 Å². The highest BCUT2D eigenvalue weighted by molar-refractivity contribution is 6.07. The fourth-order valence-electron chi connectivity index (χ4n) is 4.07. The monoisotopic (exact) mass is 435 g/mol. The summed E-state index contributed by atoms with van der Waals surface area (Å²) in [7, 11) is 0. The Morgan fingerprint density at radius 1 is 1.22 bits per heavy atom. The summed E-state index contributed by atoms with van der Waals surface area (Å²) in [6, 6.07) is 9.46. The molecule has 0 bridgehead atoms. The Bertz CT molecular complexity index is 1240. The van der Waals surface area contributed by atoms with E-state index in [9.17, 15) is 14.4 Å². The van der Waals surface area contributed by atoms with Crippen molar-refractivity contribution in [2.24, 2.45) is 22.8 Å². The molecule has 10 nitrogen and oxygen atoms in total. The molecule has 4 rings (SSSR count). The van der Waals surface area contributed by atoms with Crippen molar-refractivity contribution in [3.8, 4) is 0 Å². The second kappa shape index (κ2) is 8.29. The molecule has 0 radical (unpaired) electrons. The molecular weight excluding hydrogens is 410 g/mol. The summed E-state index contributed by atoms with van der Waals surface area (Å²) in [5.41, 5.74) is 11.6. The lowest BCUT2D eigenvalue weighted by Crippen LogP contribution is -2.38. The van der Waals surface area contributed by atoms with Crippen LogP contribution in [0.1, 0.15) is 24.8 Å². The van der Waals surface area contributed by atoms with Gasteiger partial charge >= 0.3 is 0 Å². The largest absolute Gasteiger partial charge is 0.369 e. The zero-order chi connectivity index (χ0) is 22.9. The molecule has 1 aliphatic carbocycles. The molecule has 7 N–H and O–H groups in total. The molecule has 1 atom stereocenters. The zero-order valence-electron chi connectivity index (χ0n) is 17.6. The molecular formula is C22H25N7O3. The predicted octanol–water partition coefficient (Wildman–Crippen LogP) is 1.54. The van der Waals surface area contributed by atoms with Crippen molar-refractivity contribution in [3.63, 3.8) is 0 Å². The van der Waals surface area contributed by atoms with Gasteiger partial charge in [-0.3, -0.25) is 14.4 Å². The van der Waals surface area contributed by atoms with E-state index in [0.717, 1.165) is 11.3 Å². The lowest BCUT2D eigenvalue weighted by atomic mass is 10.00. The SMILES string of the molecule is Cc1cccc(Nc2nc(NCCCC3CC3(C(N)=O)C(N)=O)nc3cc[nH]c(=O)c23)c1. The summed E-state index contributed by atoms with van der Waals surface area (Å²) in [5, 5.41) is 6.73. The van der Waals surface area contributed by atoms with Gasteiger partial charge in [0, 0.05) is 18.4 Å². The van der Waals surface area contributed by atoms with E-state index in [1.54, 1.807) is 6.07 Å². The Hall–Kier alpha value is -3.95. The van der Waals surface area contributed by atoms with Gasteiger partial charge in [-0.25, -0.2) is 4.98 Å². The van der Waals surface area contributed by atoms with Crippen LogP contribution in [0.25, 0.3) is 10.9 Å². The molecule has 3 aromatic rings. The minimum absolute atomic E-state index is 0.131. The fourth-order valence-corrected chi connectivity index (χ4v) is 4.07. The van der Waals surface area contributed by atoms with Crippen LogP contribution in [0.15, 0.2) is 41.3 Å². The fraction of sp³-hybridized carbons (Fsp3) is 0.318. The Morgan fingerprint density at radius 2 is 2.00 bits per heavy atom. The Morgan fingerprint density at radius 3 is 2.69 bits per heavy atom. The normalized spacial score (nSPS) is 16.5. The summed E-state index contributed by atoms with van der Waals surface area (Å²) in [4.78, 5) is 47.2. The average molecular weight is 435 g/mol. The van der Waals surface area contributed by atoms with E-state index < -0.39 is 17.2 Å². The van der Waals surface area contributed by atoms with Crippen molar-refractivity contribution in [2.45, 2.75) is 26.2 Å². The summed E-state index contributed by atoms with van der Waals surface area (Å²) < 4.78 is 0. The van der Waals surface area contributed by atoms with Gasteiger partial charge in [-0.1, -0.05) is 12.1 Å². The van der Waals surface area contributed by atoms with Gasteiger partial charge in [0.1, 0.15) is 16.6 Å². The summed E-state index contributed by atoms with van der Waals surface area (Å²) in [6.07, 6.45) is 3.24. The third kappa shape index (κ3) is 3.98. The van der Waals surface area contributed by atoms with Crippen molar-refractivity contribution in [1.29, 1.82) is 0 Å². The van der Waals surface area contributed by atoms with Crippen molar-refractivity contribution in [3.05, 3.63) is 52.4 Å². The number of hydrogen-bond acceptors (Lipinski definition) is 7. The Balaban J connectivity index is 1.48. The van der Waals surface area contributed by atoms with E-state index in [4.69, 9.17) is 11.5 Å². The van der Waals surface area contributed by atoms with E-state index in [2.05, 4.69) is 25.6 Å². The lowest BCUT2D eigenvalue weighted by Gasteiger charge is -2.12. The van der Waals surface area contributed by atoms with Gasteiger partial charge in [0.05, 0.1) is 5.52 Å². The van der Waals surface area contributed by atoms with Crippen LogP contribution in [0.4, 0.5) is 17.5 Å². The number of carbonyl (C=O) groups is 2. The van der Waals surface area contributed by atoms with Crippen molar-refractivity contribution in [1.82, 2.24) is 15.0 Å². The van der Waals surface area contributed by atoms with Crippen LogP contribution in [0.5, 0.6) is 0 Å². The van der Waals surface area contributed by atoms with E-state index in [-0.39, 0.29) is 11.5 Å². The van der Waals surface area contributed by atoms with Crippen LogP contribution in [-0.2, 0) is 9.59 Å². The number of hydrogen-bond donors (Lipinski definition) is 5. The molecule has 2 aromatic heterocycles. The number of aryl methyl sites for hydroxylation is 1. The highest BCUT2D eigenvalue weighted by Crippen LogP contribution is 2.54. The molecule has 0 aliphatic heterocycles. The van der Waals surface area contributed by atoms with E-state index in [1.165, 1.54) is 6.20 Å². The van der Waals surface area contributed by atoms with Crippen molar-refractivity contribution in [2.75, 3.05) is 17.2 Å². The first-order valence-corrected chi connectivity index (χ1v) is 10.4. The molecule has 10 heteroatoms. The first kappa shape index (κ1) is 21.3. The highest BCUT2D eigenvalue weighted by Gasteiger charge is 2.63. The quantitative estimate of drug-likeness (QED) is 0.251. The summed E-state index contributed by atoms with van der Waals surface area (Å²) in [6.45, 7) is 2.50. The Kier molecular flexibility index (Phi) is 5.52. The van der Waals surface area contributed by atoms with Crippen molar-refractivity contribution >= 4 is 40.2 Å². The van der Waals surface area contributed by atoms with Gasteiger partial charge in [-0.2, -0.15) is 4.98 Å². The molecule has 166 valence electrons. The molecule has 2 amide bonds. The summed E-state index contributed by atoms with van der Waals surface area (Å²) in [5.74, 6) is -0.677. The number of rotatable bonds is 9. The number of primary amides is 2. The van der Waals surface area contributed by atoms with Gasteiger partial charge in [0.15, 0.2) is 0 Å². The van der Waals surface area contributed by atoms with Crippen LogP contribution in [0, 0.1) is 18.3 Å². The molecule has 1 unspecified atom stereocenters. The molecule has 1 aromatic carbocycles. The molecule has 0 spiro atoms. The van der Waals surface area contributed by atoms with Crippen LogP contribution >= 0.6 is 0 Å². The molecule has 1 aliphatic rings. The minimum atomic E-state index is -1.20. The number of fused-ring (bicyclic) bond motifs is 1. The highest BCUT2D eigenvalue weighted by atomic mass is 16.2. The Labute approximate surface area is 183 Å². The number of carbonyl (C=O) groups excluding carboxylic acids is 2. The van der Waals surface area contributed by atoms with Crippen LogP contribution < -0.4 is 27.7 Å². The maximum Gasteiger partial charge on any atom is 0.261 e. The number of aromatic amines is 1. The van der Waals surface area contributed by atoms with Gasteiger partial charge in [-0.05, 0) is 55.9 Å². The van der Waals surface area contributed by atoms with E-state index in [1.807, 2.05) is 31.2 Å². The van der Waals surface area contributed by atoms with Crippen LogP contribution in [0.3, 0.4) is 0 Å². The maximum atomic E-state index is 12.4. The number of anilines is 3. The number of nitrogens with zero attached hydrogens (tertiary/aromatic N) is 2. The minimum Gasteiger partial charge on any atom is -0.369 e. The number of pyridine rings is 1. The third-order valence-electron chi connectivity index (χ3n) is 5.90. The number of H-pyrrole nitrogens is 1. The molecule has 0 saturated heterocycles. The van der Waals surface area contributed by atoms with Gasteiger partial charge in [0.25, 0.3) is 5.56 Å². The first-order chi connectivity index (χ1) is 15.3. The smallest absolute Gasteiger partial charge is 0.261 e. The molecule has 2 heterocycles. The molecule has 32 heavy (non-hydrogen) atoms. The number of benzene rings is 1. The van der Waals surface area contributed by atoms with Crippen molar-refractivity contribution < 1.29 is 9.59 Å². The number of nitrogens with two attached hydrogens (primary N) is 2. The lowest BCUT2D eigenvalue weighted by molar-refractivity contribution is -0.134. The molecule has 1 saturated carbocycles. The van der Waals surface area contributed by atoms with Gasteiger partial charge < -0.3 is 27.1 Å². The number of nitrogens with one attached hydrogen (secondary N) is 3. The predicted molar refractivity (Wildman–Crippen MR) is 121 cm³/mol. The van der Waals surface area contributed by atoms with E-state index >= 15 is 0 Å². The summed E-state index contributed by atoms with van der Waals surface area (Å²) >= 11 is 0. The second-order valence-corrected chi connectivity index (χ2v) is 8.13.